The Morgan fingerprint density at radius 3 is 2.55 bits per heavy atom. The molecule has 1 saturated carbocycles. The van der Waals surface area contributed by atoms with Gasteiger partial charge in [-0.1, -0.05) is 36.7 Å². The van der Waals surface area contributed by atoms with Crippen molar-refractivity contribution >= 4 is 45.4 Å². The van der Waals surface area contributed by atoms with Gasteiger partial charge in [-0.2, -0.15) is 13.2 Å². The van der Waals surface area contributed by atoms with Crippen molar-refractivity contribution in [3.05, 3.63) is 52.2 Å². The van der Waals surface area contributed by atoms with Gasteiger partial charge in [-0.3, -0.25) is 9.79 Å². The number of hydrogen-bond donors (Lipinski definition) is 1. The number of amides is 1. The second kappa shape index (κ2) is 9.16. The molecular weight excluding hydrogens is 443 g/mol. The maximum absolute atomic E-state index is 12.9. The minimum Gasteiger partial charge on any atom is -0.325 e. The van der Waals surface area contributed by atoms with Gasteiger partial charge in [0.2, 0.25) is 5.91 Å². The molecule has 1 fully saturated rings. The first-order valence-corrected chi connectivity index (χ1v) is 12.1. The van der Waals surface area contributed by atoms with E-state index < -0.39 is 17.4 Å². The monoisotopic (exact) mass is 465 g/mol. The molecule has 1 aromatic heterocycles. The van der Waals surface area contributed by atoms with Crippen LogP contribution in [-0.2, 0) is 11.0 Å². The maximum atomic E-state index is 12.9. The molecule has 4 nitrogen and oxygen atoms in total. The molecule has 0 unspecified atom stereocenters. The zero-order chi connectivity index (χ0) is 21.9. The molecule has 1 aromatic carbocycles. The van der Waals surface area contributed by atoms with Crippen LogP contribution in [0.2, 0.25) is 0 Å². The molecule has 0 bridgehead atoms. The van der Waals surface area contributed by atoms with E-state index in [4.69, 9.17) is 9.98 Å². The number of halogens is 3. The highest BCUT2D eigenvalue weighted by Crippen LogP contribution is 2.38. The summed E-state index contributed by atoms with van der Waals surface area (Å²) in [5.41, 5.74) is -0.272. The second-order valence-corrected chi connectivity index (χ2v) is 9.58. The van der Waals surface area contributed by atoms with Gasteiger partial charge < -0.3 is 5.32 Å². The molecule has 0 atom stereocenters. The van der Waals surface area contributed by atoms with E-state index in [-0.39, 0.29) is 17.3 Å². The van der Waals surface area contributed by atoms with E-state index in [0.29, 0.717) is 0 Å². The third-order valence-corrected chi connectivity index (χ3v) is 7.15. The third-order valence-electron chi connectivity index (χ3n) is 5.30. The summed E-state index contributed by atoms with van der Waals surface area (Å²) in [4.78, 5) is 23.4. The van der Waals surface area contributed by atoms with Gasteiger partial charge in [0.1, 0.15) is 10.8 Å². The molecule has 164 valence electrons. The molecule has 1 N–H and O–H groups in total. The van der Waals surface area contributed by atoms with Gasteiger partial charge in [0, 0.05) is 5.69 Å². The smallest absolute Gasteiger partial charge is 0.325 e. The number of carbonyl (C=O) groups excluding carboxylic acids is 1. The topological polar surface area (TPSA) is 53.8 Å². The Labute approximate surface area is 187 Å². The average molecular weight is 466 g/mol. The number of carbonyl (C=O) groups is 1. The molecule has 1 amide bonds. The quantitative estimate of drug-likeness (QED) is 0.569. The lowest BCUT2D eigenvalue weighted by Gasteiger charge is -2.20. The number of thioether (sulfide) groups is 1. The molecule has 1 aliphatic heterocycles. The summed E-state index contributed by atoms with van der Waals surface area (Å²) >= 11 is 2.88. The number of alkyl halides is 3. The normalized spacial score (nSPS) is 18.4. The summed E-state index contributed by atoms with van der Waals surface area (Å²) in [6.07, 6.45) is 1.89. The molecule has 31 heavy (non-hydrogen) atoms. The highest BCUT2D eigenvalue weighted by atomic mass is 32.2. The van der Waals surface area contributed by atoms with Crippen molar-refractivity contribution in [2.45, 2.75) is 50.4 Å². The van der Waals surface area contributed by atoms with Crippen molar-refractivity contribution in [3.8, 4) is 0 Å². The fourth-order valence-electron chi connectivity index (χ4n) is 3.82. The summed E-state index contributed by atoms with van der Waals surface area (Å²) in [5.74, 6) is -0.324. The van der Waals surface area contributed by atoms with Gasteiger partial charge >= 0.3 is 6.18 Å². The number of nitrogens with zero attached hydrogens (tertiary/aromatic N) is 2. The Bertz CT molecular complexity index is 992. The van der Waals surface area contributed by atoms with E-state index in [1.165, 1.54) is 36.7 Å². The predicted molar refractivity (Wildman–Crippen MR) is 121 cm³/mol. The van der Waals surface area contributed by atoms with Crippen LogP contribution in [-0.4, -0.2) is 28.1 Å². The Hall–Kier alpha value is -2.13. The van der Waals surface area contributed by atoms with Gasteiger partial charge in [0.05, 0.1) is 16.2 Å². The zero-order valence-corrected chi connectivity index (χ0v) is 18.4. The average Bonchev–Trinajstić information content (AvgIpc) is 3.31. The molecule has 2 aromatic rings. The summed E-state index contributed by atoms with van der Waals surface area (Å²) in [6.45, 7) is 0. The van der Waals surface area contributed by atoms with Crippen molar-refractivity contribution in [3.63, 3.8) is 0 Å². The van der Waals surface area contributed by atoms with E-state index in [1.807, 2.05) is 17.5 Å². The van der Waals surface area contributed by atoms with Crippen LogP contribution >= 0.6 is 23.1 Å². The molecule has 2 aliphatic rings. The first kappa shape index (κ1) is 22.1. The third kappa shape index (κ3) is 5.38. The molecule has 9 heteroatoms. The Balaban J connectivity index is 1.46. The SMILES string of the molecule is O=C(CSC1=NC2(CCCCCC2)N=C1c1cccs1)Nc1cccc(C(F)(F)F)c1. The van der Waals surface area contributed by atoms with Crippen LogP contribution < -0.4 is 5.32 Å². The zero-order valence-electron chi connectivity index (χ0n) is 16.7. The Kier molecular flexibility index (Phi) is 6.52. The van der Waals surface area contributed by atoms with Gasteiger partial charge in [-0.25, -0.2) is 4.99 Å². The van der Waals surface area contributed by atoms with Gasteiger partial charge in [0.25, 0.3) is 0 Å². The molecule has 0 saturated heterocycles. The van der Waals surface area contributed by atoms with Crippen molar-refractivity contribution in [2.75, 3.05) is 11.1 Å². The summed E-state index contributed by atoms with van der Waals surface area (Å²) < 4.78 is 38.7. The molecule has 2 heterocycles. The van der Waals surface area contributed by atoms with E-state index in [1.54, 1.807) is 11.3 Å². The van der Waals surface area contributed by atoms with Crippen LogP contribution in [0.25, 0.3) is 0 Å². The van der Waals surface area contributed by atoms with Crippen LogP contribution in [0, 0.1) is 0 Å². The number of benzene rings is 1. The Morgan fingerprint density at radius 1 is 1.10 bits per heavy atom. The van der Waals surface area contributed by atoms with E-state index in [2.05, 4.69) is 5.32 Å². The largest absolute Gasteiger partial charge is 0.416 e. The van der Waals surface area contributed by atoms with E-state index in [0.717, 1.165) is 53.4 Å². The molecule has 1 aliphatic carbocycles. The first-order chi connectivity index (χ1) is 14.8. The lowest BCUT2D eigenvalue weighted by Crippen LogP contribution is -2.20. The molecule has 0 radical (unpaired) electrons. The van der Waals surface area contributed by atoms with Crippen molar-refractivity contribution in [2.24, 2.45) is 9.98 Å². The van der Waals surface area contributed by atoms with Gasteiger partial charge in [-0.15, -0.1) is 11.3 Å². The lowest BCUT2D eigenvalue weighted by atomic mass is 10.0. The number of thiophene rings is 1. The Morgan fingerprint density at radius 2 is 1.87 bits per heavy atom. The van der Waals surface area contributed by atoms with Gasteiger partial charge in [-0.05, 0) is 55.3 Å². The maximum Gasteiger partial charge on any atom is 0.416 e. The summed E-state index contributed by atoms with van der Waals surface area (Å²) in [6, 6.07) is 8.61. The molecular formula is C22H22F3N3OS2. The number of hydrogen-bond acceptors (Lipinski definition) is 5. The minimum atomic E-state index is -4.45. The standard InChI is InChI=1S/C22H22F3N3OS2/c23-22(24,25)15-7-5-8-16(13-15)26-18(29)14-31-20-19(17-9-6-12-30-17)27-21(28-20)10-3-1-2-4-11-21/h5-9,12-13H,1-4,10-11,14H2,(H,26,29). The van der Waals surface area contributed by atoms with Crippen LogP contribution in [0.1, 0.15) is 49.0 Å². The molecule has 4 rings (SSSR count). The van der Waals surface area contributed by atoms with Crippen molar-refractivity contribution in [1.29, 1.82) is 0 Å². The highest BCUT2D eigenvalue weighted by molar-refractivity contribution is 8.16. The fraction of sp³-hybridized carbons (Fsp3) is 0.409. The lowest BCUT2D eigenvalue weighted by molar-refractivity contribution is -0.137. The van der Waals surface area contributed by atoms with Crippen LogP contribution in [0.3, 0.4) is 0 Å². The molecule has 1 spiro atoms. The van der Waals surface area contributed by atoms with Crippen molar-refractivity contribution in [1.82, 2.24) is 0 Å². The van der Waals surface area contributed by atoms with Crippen LogP contribution in [0.5, 0.6) is 0 Å². The van der Waals surface area contributed by atoms with Gasteiger partial charge in [0.15, 0.2) is 5.66 Å². The number of aliphatic imine (C=N–C) groups is 2. The highest BCUT2D eigenvalue weighted by Gasteiger charge is 2.37. The minimum absolute atomic E-state index is 0.0511. The fourth-order valence-corrected chi connectivity index (χ4v) is 5.47. The summed E-state index contributed by atoms with van der Waals surface area (Å²) in [7, 11) is 0. The number of nitrogens with one attached hydrogen (secondary N) is 1. The van der Waals surface area contributed by atoms with E-state index in [9.17, 15) is 18.0 Å². The van der Waals surface area contributed by atoms with Crippen LogP contribution in [0.15, 0.2) is 51.8 Å². The predicted octanol–water partition coefficient (Wildman–Crippen LogP) is 6.39. The second-order valence-electron chi connectivity index (χ2n) is 7.67. The number of rotatable bonds is 4. The van der Waals surface area contributed by atoms with E-state index >= 15 is 0 Å². The first-order valence-electron chi connectivity index (χ1n) is 10.2. The van der Waals surface area contributed by atoms with Crippen LogP contribution in [0.4, 0.5) is 18.9 Å². The summed E-state index contributed by atoms with van der Waals surface area (Å²) in [5, 5.41) is 5.28. The van der Waals surface area contributed by atoms with Crippen molar-refractivity contribution < 1.29 is 18.0 Å². The number of anilines is 1.